The first kappa shape index (κ1) is 11.8. The summed E-state index contributed by atoms with van der Waals surface area (Å²) in [6, 6.07) is 1.86. The summed E-state index contributed by atoms with van der Waals surface area (Å²) >= 11 is 5.22. The molecular formula is C8H4ClF4NO. The van der Waals surface area contributed by atoms with Crippen molar-refractivity contribution in [1.82, 2.24) is 0 Å². The van der Waals surface area contributed by atoms with E-state index in [1.54, 1.807) is 0 Å². The maximum Gasteiger partial charge on any atom is 0.420 e. The average molecular weight is 242 g/mol. The molecular weight excluding hydrogens is 238 g/mol. The zero-order valence-corrected chi connectivity index (χ0v) is 7.77. The van der Waals surface area contributed by atoms with Crippen molar-refractivity contribution < 1.29 is 22.8 Å². The summed E-state index contributed by atoms with van der Waals surface area (Å²) in [7, 11) is 0. The fraction of sp³-hybridized carbons (Fsp3) is 0.125. The van der Waals surface area contributed by atoms with Gasteiger partial charge in [-0.25, -0.2) is 4.39 Å². The molecule has 0 heterocycles. The molecule has 0 radical (unpaired) electrons. The van der Waals surface area contributed by atoms with E-state index < -0.39 is 28.1 Å². The molecule has 1 rings (SSSR count). The van der Waals surface area contributed by atoms with E-state index >= 15 is 0 Å². The number of hydrogen-bond acceptors (Lipinski definition) is 2. The maximum atomic E-state index is 13.2. The van der Waals surface area contributed by atoms with E-state index in [1.165, 1.54) is 0 Å². The van der Waals surface area contributed by atoms with E-state index in [9.17, 15) is 17.6 Å². The van der Waals surface area contributed by atoms with Gasteiger partial charge in [-0.15, -0.1) is 0 Å². The highest BCUT2D eigenvalue weighted by Crippen LogP contribution is 2.37. The van der Waals surface area contributed by atoms with Gasteiger partial charge in [0.25, 0.3) is 0 Å². The summed E-state index contributed by atoms with van der Waals surface area (Å²) in [5.41, 5.74) is -2.06. The predicted octanol–water partition coefficient (Wildman–Crippen LogP) is 3.31. The normalized spacial score (nSPS) is 12.3. The maximum absolute atomic E-state index is 13.2. The highest BCUT2D eigenvalue weighted by atomic mass is 35.5. The Morgan fingerprint density at radius 2 is 1.93 bits per heavy atom. The van der Waals surface area contributed by atoms with Crippen molar-refractivity contribution in [3.8, 4) is 0 Å². The second kappa shape index (κ2) is 4.06. The monoisotopic (exact) mass is 241 g/mol. The number of rotatable bonds is 1. The first-order valence-corrected chi connectivity index (χ1v) is 3.98. The van der Waals surface area contributed by atoms with Crippen molar-refractivity contribution in [1.29, 1.82) is 0 Å². The number of oxime groups is 1. The van der Waals surface area contributed by atoms with Gasteiger partial charge in [0.15, 0.2) is 0 Å². The molecule has 0 bridgehead atoms. The van der Waals surface area contributed by atoms with Crippen molar-refractivity contribution in [2.24, 2.45) is 5.16 Å². The van der Waals surface area contributed by atoms with Gasteiger partial charge in [0, 0.05) is 5.56 Å². The Kier molecular flexibility index (Phi) is 3.18. The summed E-state index contributed by atoms with van der Waals surface area (Å²) in [6.07, 6.45) is -4.33. The number of hydrogen-bond donors (Lipinski definition) is 1. The third-order valence-electron chi connectivity index (χ3n) is 1.60. The van der Waals surface area contributed by atoms with E-state index in [2.05, 4.69) is 5.16 Å². The standard InChI is InChI=1S/C8H4ClF4NO/c9-5-2-1-4(3-14-15)7(10)6(5)8(11,12)13/h1-3,15H/b14-3-. The van der Waals surface area contributed by atoms with Crippen LogP contribution in [0.5, 0.6) is 0 Å². The smallest absolute Gasteiger partial charge is 0.411 e. The average Bonchev–Trinajstić information content (AvgIpc) is 2.08. The molecule has 0 aliphatic carbocycles. The molecule has 0 amide bonds. The lowest BCUT2D eigenvalue weighted by atomic mass is 10.1. The lowest BCUT2D eigenvalue weighted by Gasteiger charge is -2.10. The van der Waals surface area contributed by atoms with Crippen molar-refractivity contribution in [2.45, 2.75) is 6.18 Å². The molecule has 1 aromatic carbocycles. The highest BCUT2D eigenvalue weighted by molar-refractivity contribution is 6.31. The minimum absolute atomic E-state index is 0.491. The van der Waals surface area contributed by atoms with Crippen molar-refractivity contribution >= 4 is 17.8 Å². The number of benzene rings is 1. The van der Waals surface area contributed by atoms with Crippen LogP contribution in [0, 0.1) is 5.82 Å². The van der Waals surface area contributed by atoms with Gasteiger partial charge in [0.2, 0.25) is 0 Å². The molecule has 0 unspecified atom stereocenters. The molecule has 0 atom stereocenters. The van der Waals surface area contributed by atoms with Gasteiger partial charge in [-0.1, -0.05) is 16.8 Å². The second-order valence-corrected chi connectivity index (χ2v) is 2.98. The SMILES string of the molecule is O/N=C\c1ccc(Cl)c(C(F)(F)F)c1F. The molecule has 0 spiro atoms. The summed E-state index contributed by atoms with van der Waals surface area (Å²) < 4.78 is 50.1. The van der Waals surface area contributed by atoms with E-state index in [0.717, 1.165) is 12.1 Å². The Hall–Kier alpha value is -1.30. The molecule has 0 aliphatic rings. The summed E-state index contributed by atoms with van der Waals surface area (Å²) in [5, 5.41) is 9.80. The molecule has 0 saturated heterocycles. The molecule has 82 valence electrons. The summed E-state index contributed by atoms with van der Waals surface area (Å²) in [6.45, 7) is 0. The first-order chi connectivity index (χ1) is 6.88. The van der Waals surface area contributed by atoms with Crippen LogP contribution in [0.15, 0.2) is 17.3 Å². The van der Waals surface area contributed by atoms with Crippen LogP contribution in [-0.2, 0) is 6.18 Å². The van der Waals surface area contributed by atoms with Crippen LogP contribution < -0.4 is 0 Å². The Morgan fingerprint density at radius 1 is 1.33 bits per heavy atom. The van der Waals surface area contributed by atoms with Gasteiger partial charge in [0.1, 0.15) is 11.4 Å². The Balaban J connectivity index is 3.43. The fourth-order valence-corrected chi connectivity index (χ4v) is 1.24. The molecule has 0 aromatic heterocycles. The molecule has 0 aliphatic heterocycles. The van der Waals surface area contributed by atoms with Crippen LogP contribution in [0.2, 0.25) is 5.02 Å². The molecule has 0 saturated carbocycles. The highest BCUT2D eigenvalue weighted by Gasteiger charge is 2.37. The van der Waals surface area contributed by atoms with Gasteiger partial charge in [-0.05, 0) is 12.1 Å². The lowest BCUT2D eigenvalue weighted by molar-refractivity contribution is -0.139. The largest absolute Gasteiger partial charge is 0.420 e. The zero-order chi connectivity index (χ0) is 11.6. The van der Waals surface area contributed by atoms with E-state index in [1.807, 2.05) is 0 Å². The Morgan fingerprint density at radius 3 is 2.40 bits per heavy atom. The Labute approximate surface area is 86.8 Å². The minimum atomic E-state index is -4.89. The molecule has 15 heavy (non-hydrogen) atoms. The van der Waals surface area contributed by atoms with Gasteiger partial charge >= 0.3 is 6.18 Å². The van der Waals surface area contributed by atoms with Crippen LogP contribution in [0.4, 0.5) is 17.6 Å². The number of nitrogens with zero attached hydrogens (tertiary/aromatic N) is 1. The van der Waals surface area contributed by atoms with Gasteiger partial charge in [0.05, 0.1) is 11.2 Å². The molecule has 2 nitrogen and oxygen atoms in total. The van der Waals surface area contributed by atoms with Crippen LogP contribution >= 0.6 is 11.6 Å². The quantitative estimate of drug-likeness (QED) is 0.348. The van der Waals surface area contributed by atoms with Gasteiger partial charge < -0.3 is 5.21 Å². The molecule has 1 N–H and O–H groups in total. The van der Waals surface area contributed by atoms with Gasteiger partial charge in [-0.2, -0.15) is 13.2 Å². The summed E-state index contributed by atoms with van der Waals surface area (Å²) in [4.78, 5) is 0. The second-order valence-electron chi connectivity index (χ2n) is 2.57. The van der Waals surface area contributed by atoms with Crippen LogP contribution in [0.25, 0.3) is 0 Å². The van der Waals surface area contributed by atoms with E-state index in [-0.39, 0.29) is 0 Å². The molecule has 0 fully saturated rings. The van der Waals surface area contributed by atoms with Crippen molar-refractivity contribution in [2.75, 3.05) is 0 Å². The van der Waals surface area contributed by atoms with Crippen molar-refractivity contribution in [3.63, 3.8) is 0 Å². The number of alkyl halides is 3. The third-order valence-corrected chi connectivity index (χ3v) is 1.92. The lowest BCUT2D eigenvalue weighted by Crippen LogP contribution is -2.11. The number of halogens is 5. The van der Waals surface area contributed by atoms with Gasteiger partial charge in [-0.3, -0.25) is 0 Å². The molecule has 1 aromatic rings. The fourth-order valence-electron chi connectivity index (χ4n) is 0.990. The topological polar surface area (TPSA) is 32.6 Å². The van der Waals surface area contributed by atoms with Crippen LogP contribution in [0.3, 0.4) is 0 Å². The first-order valence-electron chi connectivity index (χ1n) is 3.60. The van der Waals surface area contributed by atoms with Crippen LogP contribution in [-0.4, -0.2) is 11.4 Å². The van der Waals surface area contributed by atoms with E-state index in [4.69, 9.17) is 16.8 Å². The van der Waals surface area contributed by atoms with Crippen molar-refractivity contribution in [3.05, 3.63) is 34.1 Å². The minimum Gasteiger partial charge on any atom is -0.411 e. The van der Waals surface area contributed by atoms with E-state index in [0.29, 0.717) is 6.21 Å². The van der Waals surface area contributed by atoms with Crippen LogP contribution in [0.1, 0.15) is 11.1 Å². The summed E-state index contributed by atoms with van der Waals surface area (Å²) in [5.74, 6) is -1.56. The molecule has 7 heteroatoms. The zero-order valence-electron chi connectivity index (χ0n) is 7.02. The predicted molar refractivity (Wildman–Crippen MR) is 45.8 cm³/mol. The Bertz CT molecular complexity index is 402. The third kappa shape index (κ3) is 2.38.